The van der Waals surface area contributed by atoms with Crippen molar-refractivity contribution in [1.82, 2.24) is 5.32 Å². The minimum Gasteiger partial charge on any atom is -0.497 e. The van der Waals surface area contributed by atoms with Gasteiger partial charge in [0.15, 0.2) is 0 Å². The van der Waals surface area contributed by atoms with Gasteiger partial charge in [-0.2, -0.15) is 0 Å². The molecule has 2 rings (SSSR count). The Bertz CT molecular complexity index is 1000. The van der Waals surface area contributed by atoms with Gasteiger partial charge in [-0.05, 0) is 73.6 Å². The minimum atomic E-state index is -3.44. The van der Waals surface area contributed by atoms with Crippen molar-refractivity contribution in [3.05, 3.63) is 59.2 Å². The summed E-state index contributed by atoms with van der Waals surface area (Å²) in [6.45, 7) is 8.45. The van der Waals surface area contributed by atoms with E-state index in [1.807, 2.05) is 56.3 Å². The van der Waals surface area contributed by atoms with Gasteiger partial charge in [-0.3, -0.25) is 9.10 Å². The molecule has 0 aromatic heterocycles. The summed E-state index contributed by atoms with van der Waals surface area (Å²) in [5.41, 5.74) is 3.80. The molecule has 1 unspecified atom stereocenters. The Morgan fingerprint density at radius 2 is 1.72 bits per heavy atom. The number of hydrogen-bond donors (Lipinski definition) is 1. The molecule has 0 aliphatic heterocycles. The minimum absolute atomic E-state index is 0.0833. The lowest BCUT2D eigenvalue weighted by atomic mass is 9.96. The zero-order valence-corrected chi connectivity index (χ0v) is 20.8. The largest absolute Gasteiger partial charge is 0.497 e. The molecule has 0 fully saturated rings. The highest BCUT2D eigenvalue weighted by atomic mass is 32.2. The maximum Gasteiger partial charge on any atom is 0.232 e. The Hall–Kier alpha value is -2.54. The van der Waals surface area contributed by atoms with Gasteiger partial charge in [0.05, 0.1) is 25.1 Å². The number of benzene rings is 2. The normalized spacial score (nSPS) is 12.5. The molecule has 0 bridgehead atoms. The molecule has 176 valence electrons. The Balaban J connectivity index is 2.03. The van der Waals surface area contributed by atoms with Crippen molar-refractivity contribution in [2.24, 2.45) is 5.92 Å². The fourth-order valence-electron chi connectivity index (χ4n) is 3.60. The summed E-state index contributed by atoms with van der Waals surface area (Å²) < 4.78 is 31.3. The predicted octanol–water partition coefficient (Wildman–Crippen LogP) is 4.76. The number of amides is 1. The molecule has 6 nitrogen and oxygen atoms in total. The van der Waals surface area contributed by atoms with Crippen LogP contribution in [0, 0.1) is 19.8 Å². The molecule has 0 heterocycles. The lowest BCUT2D eigenvalue weighted by molar-refractivity contribution is -0.122. The molecule has 0 aliphatic rings. The first kappa shape index (κ1) is 25.7. The topological polar surface area (TPSA) is 75.7 Å². The number of methoxy groups -OCH3 is 1. The van der Waals surface area contributed by atoms with E-state index in [4.69, 9.17) is 4.74 Å². The number of aryl methyl sites for hydroxylation is 2. The molecular weight excluding hydrogens is 424 g/mol. The van der Waals surface area contributed by atoms with E-state index in [1.165, 1.54) is 10.6 Å². The molecule has 32 heavy (non-hydrogen) atoms. The second-order valence-electron chi connectivity index (χ2n) is 8.73. The number of hydrogen-bond acceptors (Lipinski definition) is 4. The standard InChI is InChI=1S/C25H36N2O4S/c1-18(2)16-24(21-10-13-23(31-5)14-11-21)26-25(28)8-7-15-27(32(6,29)30)22-12-9-19(3)20(4)17-22/h9-14,17-18,24H,7-8,15-16H2,1-6H3,(H,26,28). The van der Waals surface area contributed by atoms with E-state index in [0.717, 1.165) is 28.9 Å². The third-order valence-corrected chi connectivity index (χ3v) is 6.70. The quantitative estimate of drug-likeness (QED) is 0.524. The number of sulfonamides is 1. The average Bonchev–Trinajstić information content (AvgIpc) is 2.72. The van der Waals surface area contributed by atoms with E-state index < -0.39 is 10.0 Å². The van der Waals surface area contributed by atoms with Crippen LogP contribution in [0.25, 0.3) is 0 Å². The third kappa shape index (κ3) is 7.55. The van der Waals surface area contributed by atoms with Crippen LogP contribution in [-0.4, -0.2) is 34.2 Å². The van der Waals surface area contributed by atoms with Gasteiger partial charge in [0.1, 0.15) is 5.75 Å². The first-order valence-corrected chi connectivity index (χ1v) is 12.8. The lowest BCUT2D eigenvalue weighted by Gasteiger charge is -2.24. The Morgan fingerprint density at radius 3 is 2.25 bits per heavy atom. The summed E-state index contributed by atoms with van der Waals surface area (Å²) in [5.74, 6) is 1.10. The molecule has 1 amide bonds. The van der Waals surface area contributed by atoms with E-state index in [-0.39, 0.29) is 24.9 Å². The number of nitrogens with zero attached hydrogens (tertiary/aromatic N) is 1. The molecule has 1 N–H and O–H groups in total. The highest BCUT2D eigenvalue weighted by Crippen LogP contribution is 2.24. The SMILES string of the molecule is COc1ccc(C(CC(C)C)NC(=O)CCCN(c2ccc(C)c(C)c2)S(C)(=O)=O)cc1. The van der Waals surface area contributed by atoms with E-state index in [9.17, 15) is 13.2 Å². The molecule has 7 heteroatoms. The molecule has 0 radical (unpaired) electrons. The number of rotatable bonds is 11. The van der Waals surface area contributed by atoms with Crippen LogP contribution in [0.5, 0.6) is 5.75 Å². The molecule has 1 atom stereocenters. The molecule has 0 saturated heterocycles. The van der Waals surface area contributed by atoms with Crippen LogP contribution < -0.4 is 14.4 Å². The first-order chi connectivity index (χ1) is 15.0. The maximum absolute atomic E-state index is 12.7. The van der Waals surface area contributed by atoms with Crippen LogP contribution in [0.2, 0.25) is 0 Å². The van der Waals surface area contributed by atoms with Gasteiger partial charge in [-0.15, -0.1) is 0 Å². The monoisotopic (exact) mass is 460 g/mol. The van der Waals surface area contributed by atoms with Crippen LogP contribution in [0.4, 0.5) is 5.69 Å². The summed E-state index contributed by atoms with van der Waals surface area (Å²) in [7, 11) is -1.82. The van der Waals surface area contributed by atoms with Gasteiger partial charge in [-0.1, -0.05) is 32.0 Å². The molecule has 0 spiro atoms. The van der Waals surface area contributed by atoms with Crippen molar-refractivity contribution < 1.29 is 17.9 Å². The maximum atomic E-state index is 12.7. The summed E-state index contributed by atoms with van der Waals surface area (Å²) >= 11 is 0. The van der Waals surface area contributed by atoms with E-state index in [2.05, 4.69) is 19.2 Å². The molecular formula is C25H36N2O4S. The van der Waals surface area contributed by atoms with Crippen molar-refractivity contribution in [3.8, 4) is 5.75 Å². The van der Waals surface area contributed by atoms with Crippen LogP contribution in [0.15, 0.2) is 42.5 Å². The predicted molar refractivity (Wildman–Crippen MR) is 131 cm³/mol. The average molecular weight is 461 g/mol. The highest BCUT2D eigenvalue weighted by Gasteiger charge is 2.20. The molecule has 2 aromatic carbocycles. The summed E-state index contributed by atoms with van der Waals surface area (Å²) in [4.78, 5) is 12.7. The Kier molecular flexibility index (Phi) is 9.13. The third-order valence-electron chi connectivity index (χ3n) is 5.50. The summed E-state index contributed by atoms with van der Waals surface area (Å²) in [5, 5.41) is 3.12. The van der Waals surface area contributed by atoms with Crippen molar-refractivity contribution in [2.45, 2.75) is 53.0 Å². The van der Waals surface area contributed by atoms with E-state index in [0.29, 0.717) is 18.0 Å². The van der Waals surface area contributed by atoms with Gasteiger partial charge in [0.2, 0.25) is 15.9 Å². The fraction of sp³-hybridized carbons (Fsp3) is 0.480. The van der Waals surface area contributed by atoms with Gasteiger partial charge < -0.3 is 10.1 Å². The van der Waals surface area contributed by atoms with Gasteiger partial charge >= 0.3 is 0 Å². The van der Waals surface area contributed by atoms with E-state index >= 15 is 0 Å². The lowest BCUT2D eigenvalue weighted by Crippen LogP contribution is -2.33. The molecule has 0 saturated carbocycles. The Morgan fingerprint density at radius 1 is 1.06 bits per heavy atom. The number of ether oxygens (including phenoxy) is 1. The van der Waals surface area contributed by atoms with Gasteiger partial charge in [0.25, 0.3) is 0 Å². The van der Waals surface area contributed by atoms with Crippen LogP contribution >= 0.6 is 0 Å². The fourth-order valence-corrected chi connectivity index (χ4v) is 4.56. The summed E-state index contributed by atoms with van der Waals surface area (Å²) in [6.07, 6.45) is 2.70. The van der Waals surface area contributed by atoms with Crippen molar-refractivity contribution in [1.29, 1.82) is 0 Å². The summed E-state index contributed by atoms with van der Waals surface area (Å²) in [6, 6.07) is 13.2. The number of carbonyl (C=O) groups is 1. The van der Waals surface area contributed by atoms with Gasteiger partial charge in [-0.25, -0.2) is 8.42 Å². The smallest absolute Gasteiger partial charge is 0.232 e. The molecule has 0 aliphatic carbocycles. The van der Waals surface area contributed by atoms with Crippen LogP contribution in [-0.2, 0) is 14.8 Å². The first-order valence-electron chi connectivity index (χ1n) is 11.0. The van der Waals surface area contributed by atoms with Crippen LogP contribution in [0.3, 0.4) is 0 Å². The van der Waals surface area contributed by atoms with Crippen molar-refractivity contribution >= 4 is 21.6 Å². The van der Waals surface area contributed by atoms with Crippen molar-refractivity contribution in [2.75, 3.05) is 24.2 Å². The second kappa shape index (κ2) is 11.4. The van der Waals surface area contributed by atoms with E-state index in [1.54, 1.807) is 7.11 Å². The zero-order valence-electron chi connectivity index (χ0n) is 20.0. The van der Waals surface area contributed by atoms with Crippen LogP contribution in [0.1, 0.15) is 55.8 Å². The number of anilines is 1. The number of nitrogens with one attached hydrogen (secondary N) is 1. The van der Waals surface area contributed by atoms with Crippen molar-refractivity contribution in [3.63, 3.8) is 0 Å². The molecule has 2 aromatic rings. The van der Waals surface area contributed by atoms with Gasteiger partial charge in [0, 0.05) is 13.0 Å². The number of carbonyl (C=O) groups excluding carboxylic acids is 1. The second-order valence-corrected chi connectivity index (χ2v) is 10.6. The Labute approximate surface area is 193 Å². The highest BCUT2D eigenvalue weighted by molar-refractivity contribution is 7.92. The zero-order chi connectivity index (χ0) is 23.9.